The molecule has 8 heteroatoms. The summed E-state index contributed by atoms with van der Waals surface area (Å²) in [4.78, 5) is 13.3. The normalized spacial score (nSPS) is 17.9. The van der Waals surface area contributed by atoms with Gasteiger partial charge in [-0.25, -0.2) is 9.07 Å². The van der Waals surface area contributed by atoms with Crippen LogP contribution in [-0.2, 0) is 11.2 Å². The van der Waals surface area contributed by atoms with Crippen LogP contribution in [0, 0.1) is 19.7 Å². The number of amides is 1. The number of rotatable bonds is 5. The van der Waals surface area contributed by atoms with E-state index in [0.29, 0.717) is 5.16 Å². The molecule has 0 radical (unpaired) electrons. The minimum Gasteiger partial charge on any atom is -0.325 e. The largest absolute Gasteiger partial charge is 0.325 e. The lowest BCUT2D eigenvalue weighted by Gasteiger charge is -2.33. The number of aryl methyl sites for hydroxylation is 3. The molecule has 1 aromatic heterocycles. The van der Waals surface area contributed by atoms with Crippen molar-refractivity contribution in [3.05, 3.63) is 70.8 Å². The molecule has 2 atom stereocenters. The number of halogens is 1. The fourth-order valence-electron chi connectivity index (χ4n) is 3.44. The summed E-state index contributed by atoms with van der Waals surface area (Å²) in [5, 5.41) is 11.7. The van der Waals surface area contributed by atoms with Gasteiger partial charge in [0.15, 0.2) is 5.82 Å². The molecule has 30 heavy (non-hydrogen) atoms. The number of thioether (sulfide) groups is 1. The van der Waals surface area contributed by atoms with Gasteiger partial charge in [-0.3, -0.25) is 4.79 Å². The van der Waals surface area contributed by atoms with E-state index in [1.165, 1.54) is 29.5 Å². The van der Waals surface area contributed by atoms with E-state index < -0.39 is 5.25 Å². The smallest absolute Gasteiger partial charge is 0.240 e. The van der Waals surface area contributed by atoms with Crippen LogP contribution in [0.3, 0.4) is 0 Å². The number of hydrogen-bond donors (Lipinski definition) is 2. The Morgan fingerprint density at radius 2 is 1.93 bits per heavy atom. The van der Waals surface area contributed by atoms with Crippen LogP contribution in [0.2, 0.25) is 0 Å². The molecular formula is C22H24FN5OS. The van der Waals surface area contributed by atoms with Crippen LogP contribution in [0.15, 0.2) is 47.6 Å². The van der Waals surface area contributed by atoms with Crippen LogP contribution in [0.1, 0.15) is 41.9 Å². The highest BCUT2D eigenvalue weighted by atomic mass is 32.2. The van der Waals surface area contributed by atoms with Crippen LogP contribution in [-0.4, -0.2) is 26.0 Å². The molecule has 6 nitrogen and oxygen atoms in total. The van der Waals surface area contributed by atoms with Crippen LogP contribution in [0.5, 0.6) is 0 Å². The molecule has 1 aliphatic rings. The minimum absolute atomic E-state index is 0.142. The molecule has 0 aliphatic carbocycles. The van der Waals surface area contributed by atoms with Gasteiger partial charge in [-0.2, -0.15) is 0 Å². The average molecular weight is 426 g/mol. The van der Waals surface area contributed by atoms with Gasteiger partial charge in [0.1, 0.15) is 11.1 Å². The summed E-state index contributed by atoms with van der Waals surface area (Å²) >= 11 is 1.37. The van der Waals surface area contributed by atoms with Gasteiger partial charge in [0.25, 0.3) is 0 Å². The first-order valence-electron chi connectivity index (χ1n) is 9.97. The van der Waals surface area contributed by atoms with Gasteiger partial charge in [0.2, 0.25) is 11.1 Å². The van der Waals surface area contributed by atoms with Gasteiger partial charge in [-0.05, 0) is 61.2 Å². The maximum absolute atomic E-state index is 13.5. The SMILES string of the molecule is CCCc1nnc2n1N[C@@H](c1ccc(F)cc1)[C@@H](C(=O)Nc1ccc(C)c(C)c1)S2. The van der Waals surface area contributed by atoms with Gasteiger partial charge in [-0.1, -0.05) is 36.9 Å². The highest BCUT2D eigenvalue weighted by molar-refractivity contribution is 8.00. The molecule has 4 rings (SSSR count). The highest BCUT2D eigenvalue weighted by Crippen LogP contribution is 2.37. The zero-order valence-electron chi connectivity index (χ0n) is 17.1. The van der Waals surface area contributed by atoms with Gasteiger partial charge in [0.05, 0.1) is 6.04 Å². The van der Waals surface area contributed by atoms with E-state index >= 15 is 0 Å². The topological polar surface area (TPSA) is 71.8 Å². The Labute approximate surface area is 179 Å². The Morgan fingerprint density at radius 1 is 1.17 bits per heavy atom. The first-order chi connectivity index (χ1) is 14.5. The molecule has 0 unspecified atom stereocenters. The summed E-state index contributed by atoms with van der Waals surface area (Å²) in [5.41, 5.74) is 7.25. The lowest BCUT2D eigenvalue weighted by atomic mass is 10.0. The van der Waals surface area contributed by atoms with Gasteiger partial charge in [0, 0.05) is 12.1 Å². The Hall–Kier alpha value is -2.87. The van der Waals surface area contributed by atoms with E-state index in [2.05, 4.69) is 27.9 Å². The molecule has 0 bridgehead atoms. The van der Waals surface area contributed by atoms with Crippen molar-refractivity contribution in [2.75, 3.05) is 10.7 Å². The van der Waals surface area contributed by atoms with Crippen molar-refractivity contribution in [2.24, 2.45) is 0 Å². The van der Waals surface area contributed by atoms with Crippen molar-refractivity contribution in [1.82, 2.24) is 14.9 Å². The molecule has 2 heterocycles. The number of aromatic nitrogens is 3. The van der Waals surface area contributed by atoms with E-state index in [-0.39, 0.29) is 17.8 Å². The van der Waals surface area contributed by atoms with E-state index in [9.17, 15) is 9.18 Å². The molecule has 0 saturated heterocycles. The number of carbonyl (C=O) groups is 1. The number of carbonyl (C=O) groups excluding carboxylic acids is 1. The quantitative estimate of drug-likeness (QED) is 0.635. The van der Waals surface area contributed by atoms with E-state index in [0.717, 1.165) is 35.5 Å². The third-order valence-electron chi connectivity index (χ3n) is 5.24. The van der Waals surface area contributed by atoms with Crippen LogP contribution >= 0.6 is 11.8 Å². The number of benzene rings is 2. The fraction of sp³-hybridized carbons (Fsp3) is 0.318. The standard InChI is InChI=1S/C22H24FN5OS/c1-4-5-18-25-26-22-28(18)27-19(15-7-9-16(23)10-8-15)20(30-22)21(29)24-17-11-6-13(2)14(3)12-17/h6-12,19-20,27H,4-5H2,1-3H3,(H,24,29)/t19-,20-/m0/s1. The van der Waals surface area contributed by atoms with Crippen molar-refractivity contribution in [3.63, 3.8) is 0 Å². The summed E-state index contributed by atoms with van der Waals surface area (Å²) in [6.45, 7) is 6.13. The van der Waals surface area contributed by atoms with Gasteiger partial charge >= 0.3 is 0 Å². The molecular weight excluding hydrogens is 401 g/mol. The molecule has 1 amide bonds. The number of anilines is 1. The molecule has 2 aromatic carbocycles. The summed E-state index contributed by atoms with van der Waals surface area (Å²) in [7, 11) is 0. The minimum atomic E-state index is -0.497. The van der Waals surface area contributed by atoms with Gasteiger partial charge in [-0.15, -0.1) is 10.2 Å². The van der Waals surface area contributed by atoms with Crippen molar-refractivity contribution < 1.29 is 9.18 Å². The molecule has 0 saturated carbocycles. The number of nitrogens with one attached hydrogen (secondary N) is 2. The zero-order chi connectivity index (χ0) is 21.3. The lowest BCUT2D eigenvalue weighted by molar-refractivity contribution is -0.116. The molecule has 156 valence electrons. The van der Waals surface area contributed by atoms with Crippen molar-refractivity contribution in [2.45, 2.75) is 50.1 Å². The summed E-state index contributed by atoms with van der Waals surface area (Å²) < 4.78 is 15.3. The van der Waals surface area contributed by atoms with E-state index in [1.807, 2.05) is 36.7 Å². The number of fused-ring (bicyclic) bond motifs is 1. The van der Waals surface area contributed by atoms with Crippen molar-refractivity contribution >= 4 is 23.4 Å². The van der Waals surface area contributed by atoms with Crippen molar-refractivity contribution in [3.8, 4) is 0 Å². The third kappa shape index (κ3) is 4.05. The second-order valence-corrected chi connectivity index (χ2v) is 8.58. The first-order valence-corrected chi connectivity index (χ1v) is 10.9. The highest BCUT2D eigenvalue weighted by Gasteiger charge is 2.37. The lowest BCUT2D eigenvalue weighted by Crippen LogP contribution is -2.41. The fourth-order valence-corrected chi connectivity index (χ4v) is 4.54. The maximum Gasteiger partial charge on any atom is 0.240 e. The molecule has 0 spiro atoms. The van der Waals surface area contributed by atoms with Crippen LogP contribution in [0.25, 0.3) is 0 Å². The average Bonchev–Trinajstić information content (AvgIpc) is 3.12. The Morgan fingerprint density at radius 3 is 2.63 bits per heavy atom. The molecule has 3 aromatic rings. The Kier molecular flexibility index (Phi) is 5.76. The van der Waals surface area contributed by atoms with Crippen LogP contribution < -0.4 is 10.7 Å². The monoisotopic (exact) mass is 425 g/mol. The maximum atomic E-state index is 13.5. The summed E-state index contributed by atoms with van der Waals surface area (Å²) in [6.07, 6.45) is 1.71. The van der Waals surface area contributed by atoms with Gasteiger partial charge < -0.3 is 10.7 Å². The van der Waals surface area contributed by atoms with Crippen molar-refractivity contribution in [1.29, 1.82) is 0 Å². The van der Waals surface area contributed by atoms with Crippen LogP contribution in [0.4, 0.5) is 10.1 Å². The second kappa shape index (κ2) is 8.47. The zero-order valence-corrected chi connectivity index (χ0v) is 18.0. The van der Waals surface area contributed by atoms with E-state index in [1.54, 1.807) is 12.1 Å². The third-order valence-corrected chi connectivity index (χ3v) is 6.45. The number of nitrogens with zero attached hydrogens (tertiary/aromatic N) is 3. The molecule has 1 aliphatic heterocycles. The first kappa shape index (κ1) is 20.4. The Balaban J connectivity index is 1.66. The second-order valence-electron chi connectivity index (χ2n) is 7.47. The molecule has 0 fully saturated rings. The number of hydrogen-bond acceptors (Lipinski definition) is 5. The predicted molar refractivity (Wildman–Crippen MR) is 117 cm³/mol. The summed E-state index contributed by atoms with van der Waals surface area (Å²) in [6, 6.07) is 11.7. The predicted octanol–water partition coefficient (Wildman–Crippen LogP) is 4.38. The Bertz CT molecular complexity index is 1070. The molecule has 2 N–H and O–H groups in total. The van der Waals surface area contributed by atoms with E-state index in [4.69, 9.17) is 0 Å². The summed E-state index contributed by atoms with van der Waals surface area (Å²) in [5.74, 6) is 0.367.